The number of ketones is 1. The second-order valence-corrected chi connectivity index (χ2v) is 5.95. The molecule has 0 N–H and O–H groups in total. The summed E-state index contributed by atoms with van der Waals surface area (Å²) in [7, 11) is 3.87. The molecule has 110 valence electrons. The van der Waals surface area contributed by atoms with Crippen molar-refractivity contribution < 1.29 is 4.79 Å². The van der Waals surface area contributed by atoms with Gasteiger partial charge < -0.3 is 0 Å². The molecule has 0 aliphatic heterocycles. The number of carbonyl (C=O) groups excluding carboxylic acids is 1. The minimum absolute atomic E-state index is 0.191. The molecule has 1 aliphatic carbocycles. The van der Waals surface area contributed by atoms with Crippen LogP contribution in [-0.4, -0.2) is 34.1 Å². The number of Topliss-reactive ketones (excluding diaryl/α,β-unsaturated/α-hetero) is 1. The Bertz CT molecular complexity index is 660. The number of fused-ring (bicyclic) bond motifs is 1. The first-order chi connectivity index (χ1) is 10.1. The number of rotatable bonds is 5. The normalized spacial score (nSPS) is 13.7. The molecule has 0 amide bonds. The summed E-state index contributed by atoms with van der Waals surface area (Å²) in [5.74, 6) is 0.191. The van der Waals surface area contributed by atoms with Crippen molar-refractivity contribution in [2.75, 3.05) is 13.6 Å². The molecule has 3 rings (SSSR count). The molecule has 1 heterocycles. The first-order valence-electron chi connectivity index (χ1n) is 7.43. The fourth-order valence-electron chi connectivity index (χ4n) is 3.00. The van der Waals surface area contributed by atoms with Crippen LogP contribution in [-0.2, 0) is 26.4 Å². The SMILES string of the molecule is CN(CC(=O)c1ccc2c(c1)CCC2)Cc1cnn(C)c1. The Morgan fingerprint density at radius 2 is 2.14 bits per heavy atom. The molecule has 1 aromatic heterocycles. The van der Waals surface area contributed by atoms with Crippen LogP contribution < -0.4 is 0 Å². The van der Waals surface area contributed by atoms with Gasteiger partial charge in [-0.1, -0.05) is 12.1 Å². The molecule has 1 aromatic carbocycles. The Labute approximate surface area is 125 Å². The van der Waals surface area contributed by atoms with Gasteiger partial charge in [-0.15, -0.1) is 0 Å². The number of aromatic nitrogens is 2. The minimum atomic E-state index is 0.191. The standard InChI is InChI=1S/C17H21N3O/c1-19(10-13-9-18-20(2)11-13)12-17(21)16-7-6-14-4-3-5-15(14)8-16/h6-9,11H,3-5,10,12H2,1-2H3. The highest BCUT2D eigenvalue weighted by Crippen LogP contribution is 2.23. The third-order valence-corrected chi connectivity index (χ3v) is 4.04. The molecule has 21 heavy (non-hydrogen) atoms. The van der Waals surface area contributed by atoms with Gasteiger partial charge in [-0.2, -0.15) is 5.10 Å². The van der Waals surface area contributed by atoms with Crippen LogP contribution in [0.4, 0.5) is 0 Å². The van der Waals surface area contributed by atoms with E-state index in [1.54, 1.807) is 4.68 Å². The van der Waals surface area contributed by atoms with E-state index in [1.165, 1.54) is 17.5 Å². The highest BCUT2D eigenvalue weighted by molar-refractivity contribution is 5.97. The lowest BCUT2D eigenvalue weighted by Gasteiger charge is -2.15. The molecule has 2 aromatic rings. The number of nitrogens with zero attached hydrogens (tertiary/aromatic N) is 3. The van der Waals surface area contributed by atoms with Gasteiger partial charge in [0.15, 0.2) is 5.78 Å². The van der Waals surface area contributed by atoms with E-state index in [-0.39, 0.29) is 5.78 Å². The molecule has 0 radical (unpaired) electrons. The van der Waals surface area contributed by atoms with Gasteiger partial charge in [-0.05, 0) is 43.5 Å². The van der Waals surface area contributed by atoms with Crippen LogP contribution in [0.25, 0.3) is 0 Å². The quantitative estimate of drug-likeness (QED) is 0.790. The molecule has 4 heteroatoms. The maximum atomic E-state index is 12.4. The van der Waals surface area contributed by atoms with Crippen LogP contribution in [0.15, 0.2) is 30.6 Å². The Morgan fingerprint density at radius 1 is 1.33 bits per heavy atom. The average Bonchev–Trinajstić information content (AvgIpc) is 3.06. The second kappa shape index (κ2) is 5.82. The van der Waals surface area contributed by atoms with Crippen LogP contribution in [0.1, 0.15) is 33.5 Å². The summed E-state index contributed by atoms with van der Waals surface area (Å²) in [6, 6.07) is 6.18. The lowest BCUT2D eigenvalue weighted by molar-refractivity contribution is 0.0943. The number of carbonyl (C=O) groups is 1. The van der Waals surface area contributed by atoms with Crippen molar-refractivity contribution in [1.29, 1.82) is 0 Å². The first-order valence-corrected chi connectivity index (χ1v) is 7.43. The molecule has 1 aliphatic rings. The lowest BCUT2D eigenvalue weighted by Crippen LogP contribution is -2.25. The summed E-state index contributed by atoms with van der Waals surface area (Å²) in [5.41, 5.74) is 4.74. The summed E-state index contributed by atoms with van der Waals surface area (Å²) >= 11 is 0. The van der Waals surface area contributed by atoms with E-state index in [2.05, 4.69) is 17.2 Å². The highest BCUT2D eigenvalue weighted by atomic mass is 16.1. The maximum Gasteiger partial charge on any atom is 0.176 e. The number of hydrogen-bond acceptors (Lipinski definition) is 3. The third-order valence-electron chi connectivity index (χ3n) is 4.04. The fraction of sp³-hybridized carbons (Fsp3) is 0.412. The molecular formula is C17H21N3O. The van der Waals surface area contributed by atoms with Crippen LogP contribution in [0.5, 0.6) is 0 Å². The summed E-state index contributed by atoms with van der Waals surface area (Å²) in [6.45, 7) is 1.18. The van der Waals surface area contributed by atoms with Crippen molar-refractivity contribution in [3.63, 3.8) is 0 Å². The van der Waals surface area contributed by atoms with Crippen LogP contribution in [0.3, 0.4) is 0 Å². The molecule has 0 bridgehead atoms. The van der Waals surface area contributed by atoms with Crippen LogP contribution in [0, 0.1) is 0 Å². The van der Waals surface area contributed by atoms with Crippen molar-refractivity contribution in [1.82, 2.24) is 14.7 Å². The topological polar surface area (TPSA) is 38.1 Å². The van der Waals surface area contributed by atoms with Crippen LogP contribution in [0.2, 0.25) is 0 Å². The van der Waals surface area contributed by atoms with Crippen molar-refractivity contribution in [3.05, 3.63) is 52.8 Å². The van der Waals surface area contributed by atoms with Gasteiger partial charge in [-0.3, -0.25) is 14.4 Å². The Hall–Kier alpha value is -1.94. The lowest BCUT2D eigenvalue weighted by atomic mass is 10.0. The Balaban J connectivity index is 1.63. The maximum absolute atomic E-state index is 12.4. The molecule has 0 atom stereocenters. The largest absolute Gasteiger partial charge is 0.294 e. The van der Waals surface area contributed by atoms with E-state index in [0.29, 0.717) is 6.54 Å². The third kappa shape index (κ3) is 3.22. The van der Waals surface area contributed by atoms with E-state index < -0.39 is 0 Å². The first kappa shape index (κ1) is 14.0. The molecule has 0 fully saturated rings. The Morgan fingerprint density at radius 3 is 2.90 bits per heavy atom. The summed E-state index contributed by atoms with van der Waals surface area (Å²) in [4.78, 5) is 14.4. The molecular weight excluding hydrogens is 262 g/mol. The van der Waals surface area contributed by atoms with Gasteiger partial charge >= 0.3 is 0 Å². The predicted octanol–water partition coefficient (Wildman–Crippen LogP) is 2.22. The van der Waals surface area contributed by atoms with E-state index in [4.69, 9.17) is 0 Å². The number of benzene rings is 1. The zero-order valence-electron chi connectivity index (χ0n) is 12.7. The summed E-state index contributed by atoms with van der Waals surface area (Å²) in [5, 5.41) is 4.15. The van der Waals surface area contributed by atoms with Crippen molar-refractivity contribution in [2.24, 2.45) is 7.05 Å². The van der Waals surface area contributed by atoms with E-state index in [9.17, 15) is 4.79 Å². The van der Waals surface area contributed by atoms with Gasteiger partial charge in [0.1, 0.15) is 0 Å². The summed E-state index contributed by atoms with van der Waals surface area (Å²) in [6.07, 6.45) is 7.31. The van der Waals surface area contributed by atoms with Crippen LogP contribution >= 0.6 is 0 Å². The van der Waals surface area contributed by atoms with Gasteiger partial charge in [-0.25, -0.2) is 0 Å². The van der Waals surface area contributed by atoms with E-state index in [1.807, 2.05) is 37.5 Å². The molecule has 0 saturated heterocycles. The molecule has 0 saturated carbocycles. The zero-order chi connectivity index (χ0) is 14.8. The molecule has 0 spiro atoms. The molecule has 0 unspecified atom stereocenters. The van der Waals surface area contributed by atoms with Gasteiger partial charge in [0.2, 0.25) is 0 Å². The average molecular weight is 283 g/mol. The van der Waals surface area contributed by atoms with Gasteiger partial charge in [0.25, 0.3) is 0 Å². The van der Waals surface area contributed by atoms with Gasteiger partial charge in [0.05, 0.1) is 12.7 Å². The number of likely N-dealkylation sites (N-methyl/N-ethyl adjacent to an activating group) is 1. The van der Waals surface area contributed by atoms with Crippen molar-refractivity contribution in [3.8, 4) is 0 Å². The predicted molar refractivity (Wildman–Crippen MR) is 82.3 cm³/mol. The Kier molecular flexibility index (Phi) is 3.88. The second-order valence-electron chi connectivity index (χ2n) is 5.95. The monoisotopic (exact) mass is 283 g/mol. The van der Waals surface area contributed by atoms with Gasteiger partial charge in [0, 0.05) is 30.9 Å². The minimum Gasteiger partial charge on any atom is -0.294 e. The zero-order valence-corrected chi connectivity index (χ0v) is 12.7. The number of aryl methyl sites for hydroxylation is 3. The summed E-state index contributed by atoms with van der Waals surface area (Å²) < 4.78 is 1.78. The fourth-order valence-corrected chi connectivity index (χ4v) is 3.00. The smallest absolute Gasteiger partial charge is 0.176 e. The van der Waals surface area contributed by atoms with E-state index in [0.717, 1.165) is 30.5 Å². The number of hydrogen-bond donors (Lipinski definition) is 0. The van der Waals surface area contributed by atoms with Crippen molar-refractivity contribution >= 4 is 5.78 Å². The molecule has 4 nitrogen and oxygen atoms in total. The highest BCUT2D eigenvalue weighted by Gasteiger charge is 2.15. The van der Waals surface area contributed by atoms with Crippen molar-refractivity contribution in [2.45, 2.75) is 25.8 Å². The van der Waals surface area contributed by atoms with E-state index >= 15 is 0 Å².